The van der Waals surface area contributed by atoms with Gasteiger partial charge < -0.3 is 14.9 Å². The first-order valence-electron chi connectivity index (χ1n) is 3.54. The summed E-state index contributed by atoms with van der Waals surface area (Å²) in [7, 11) is 0. The SMILES string of the molecule is O[C@@H]1[C@H](C(F)(F)F)O[C@H](Br)C[C@@H]1O. The molecule has 1 aliphatic heterocycles. The van der Waals surface area contributed by atoms with Crippen molar-refractivity contribution in [2.45, 2.75) is 35.9 Å². The Kier molecular flexibility index (Phi) is 3.21. The summed E-state index contributed by atoms with van der Waals surface area (Å²) in [5, 5.41) is 17.1. The van der Waals surface area contributed by atoms with E-state index in [1.165, 1.54) is 0 Å². The molecule has 78 valence electrons. The van der Waals surface area contributed by atoms with Crippen LogP contribution < -0.4 is 0 Å². The molecule has 0 aromatic carbocycles. The van der Waals surface area contributed by atoms with Crippen LogP contribution in [0.4, 0.5) is 13.2 Å². The maximum atomic E-state index is 12.1. The fourth-order valence-electron chi connectivity index (χ4n) is 1.10. The molecular formula is C6H8BrF3O3. The second-order valence-corrected chi connectivity index (χ2v) is 3.82. The highest BCUT2D eigenvalue weighted by molar-refractivity contribution is 9.09. The quantitative estimate of drug-likeness (QED) is 0.636. The molecule has 0 spiro atoms. The summed E-state index contributed by atoms with van der Waals surface area (Å²) in [6.45, 7) is 0. The normalized spacial score (nSPS) is 42.0. The van der Waals surface area contributed by atoms with E-state index < -0.39 is 29.5 Å². The highest BCUT2D eigenvalue weighted by atomic mass is 79.9. The standard InChI is InChI=1S/C6H8BrF3O3/c7-3-1-2(11)4(12)5(13-3)6(8,9)10/h2-5,11-12H,1H2/t2-,3-,4-,5+/m0/s1. The third kappa shape index (κ3) is 2.55. The van der Waals surface area contributed by atoms with Crippen LogP contribution in [-0.2, 0) is 4.74 Å². The van der Waals surface area contributed by atoms with Crippen LogP contribution >= 0.6 is 15.9 Å². The zero-order chi connectivity index (χ0) is 10.2. The Bertz CT molecular complexity index is 186. The molecule has 1 aliphatic rings. The summed E-state index contributed by atoms with van der Waals surface area (Å²) in [5.74, 6) is 0. The topological polar surface area (TPSA) is 49.7 Å². The lowest BCUT2D eigenvalue weighted by molar-refractivity contribution is -0.277. The number of halogens is 4. The summed E-state index contributed by atoms with van der Waals surface area (Å²) in [6.07, 6.45) is -10.4. The van der Waals surface area contributed by atoms with Crippen molar-refractivity contribution in [3.8, 4) is 0 Å². The van der Waals surface area contributed by atoms with E-state index in [4.69, 9.17) is 10.2 Å². The lowest BCUT2D eigenvalue weighted by Crippen LogP contribution is -2.53. The molecule has 13 heavy (non-hydrogen) atoms. The van der Waals surface area contributed by atoms with E-state index in [9.17, 15) is 13.2 Å². The molecule has 3 nitrogen and oxygen atoms in total. The molecule has 0 aromatic heterocycles. The molecule has 1 rings (SSSR count). The average molecular weight is 265 g/mol. The van der Waals surface area contributed by atoms with Gasteiger partial charge in [0.1, 0.15) is 11.1 Å². The van der Waals surface area contributed by atoms with Crippen molar-refractivity contribution < 1.29 is 28.1 Å². The minimum absolute atomic E-state index is 0.0618. The maximum Gasteiger partial charge on any atom is 0.417 e. The van der Waals surface area contributed by atoms with Crippen LogP contribution in [0.5, 0.6) is 0 Å². The van der Waals surface area contributed by atoms with Crippen LogP contribution in [0.15, 0.2) is 0 Å². The molecule has 0 amide bonds. The Hall–Kier alpha value is 0.150. The van der Waals surface area contributed by atoms with E-state index in [2.05, 4.69) is 20.7 Å². The zero-order valence-electron chi connectivity index (χ0n) is 6.33. The predicted octanol–water partition coefficient (Wildman–Crippen LogP) is 0.780. The first-order valence-corrected chi connectivity index (χ1v) is 4.46. The fourth-order valence-corrected chi connectivity index (χ4v) is 1.71. The second kappa shape index (κ2) is 3.72. The highest BCUT2D eigenvalue weighted by Crippen LogP contribution is 2.34. The van der Waals surface area contributed by atoms with Gasteiger partial charge in [0.15, 0.2) is 6.10 Å². The third-order valence-electron chi connectivity index (χ3n) is 1.75. The van der Waals surface area contributed by atoms with Crippen molar-refractivity contribution in [1.29, 1.82) is 0 Å². The lowest BCUT2D eigenvalue weighted by Gasteiger charge is -2.35. The third-order valence-corrected chi connectivity index (χ3v) is 2.34. The number of hydrogen-bond acceptors (Lipinski definition) is 3. The lowest BCUT2D eigenvalue weighted by atomic mass is 10.0. The number of hydrogen-bond donors (Lipinski definition) is 2. The van der Waals surface area contributed by atoms with Crippen molar-refractivity contribution in [2.75, 3.05) is 0 Å². The van der Waals surface area contributed by atoms with E-state index in [-0.39, 0.29) is 6.42 Å². The van der Waals surface area contributed by atoms with Crippen molar-refractivity contribution in [2.24, 2.45) is 0 Å². The Morgan fingerprint density at radius 2 is 1.85 bits per heavy atom. The molecular weight excluding hydrogens is 257 g/mol. The molecule has 0 saturated carbocycles. The Labute approximate surface area is 80.6 Å². The molecule has 1 saturated heterocycles. The summed E-state index contributed by atoms with van der Waals surface area (Å²) < 4.78 is 40.8. The van der Waals surface area contributed by atoms with Gasteiger partial charge in [-0.05, 0) is 0 Å². The van der Waals surface area contributed by atoms with Crippen LogP contribution in [-0.4, -0.2) is 39.7 Å². The van der Waals surface area contributed by atoms with Crippen LogP contribution in [0.25, 0.3) is 0 Å². The zero-order valence-corrected chi connectivity index (χ0v) is 7.92. The van der Waals surface area contributed by atoms with Crippen molar-refractivity contribution in [3.63, 3.8) is 0 Å². The molecule has 2 N–H and O–H groups in total. The molecule has 7 heteroatoms. The summed E-state index contributed by atoms with van der Waals surface area (Å²) >= 11 is 2.80. The van der Waals surface area contributed by atoms with Gasteiger partial charge in [0.05, 0.1) is 6.10 Å². The number of aliphatic hydroxyl groups is 2. The summed E-state index contributed by atoms with van der Waals surface area (Å²) in [4.78, 5) is 0. The molecule has 0 aliphatic carbocycles. The number of alkyl halides is 4. The van der Waals surface area contributed by atoms with E-state index in [1.54, 1.807) is 0 Å². The molecule has 0 radical (unpaired) electrons. The Morgan fingerprint density at radius 1 is 1.31 bits per heavy atom. The fraction of sp³-hybridized carbons (Fsp3) is 1.00. The molecule has 4 atom stereocenters. The Balaban J connectivity index is 2.72. The van der Waals surface area contributed by atoms with E-state index >= 15 is 0 Å². The summed E-state index contributed by atoms with van der Waals surface area (Å²) in [5.41, 5.74) is 0. The highest BCUT2D eigenvalue weighted by Gasteiger charge is 2.51. The first kappa shape index (κ1) is 11.2. The van der Waals surface area contributed by atoms with Crippen molar-refractivity contribution in [1.82, 2.24) is 0 Å². The number of aliphatic hydroxyl groups excluding tert-OH is 2. The minimum atomic E-state index is -4.66. The largest absolute Gasteiger partial charge is 0.417 e. The molecule has 0 unspecified atom stereocenters. The van der Waals surface area contributed by atoms with Gasteiger partial charge in [-0.3, -0.25) is 0 Å². The van der Waals surface area contributed by atoms with Crippen LogP contribution in [0, 0.1) is 0 Å². The Morgan fingerprint density at radius 3 is 2.31 bits per heavy atom. The van der Waals surface area contributed by atoms with E-state index in [1.807, 2.05) is 0 Å². The second-order valence-electron chi connectivity index (χ2n) is 2.80. The summed E-state index contributed by atoms with van der Waals surface area (Å²) in [6, 6.07) is 0. The van der Waals surface area contributed by atoms with Crippen LogP contribution in [0.2, 0.25) is 0 Å². The molecule has 0 aromatic rings. The van der Waals surface area contributed by atoms with Gasteiger partial charge in [-0.2, -0.15) is 13.2 Å². The first-order chi connectivity index (χ1) is 5.82. The van der Waals surface area contributed by atoms with Gasteiger partial charge in [-0.25, -0.2) is 0 Å². The van der Waals surface area contributed by atoms with Gasteiger partial charge >= 0.3 is 6.18 Å². The molecule has 1 fully saturated rings. The van der Waals surface area contributed by atoms with Gasteiger partial charge in [-0.1, -0.05) is 15.9 Å². The minimum Gasteiger partial charge on any atom is -0.390 e. The van der Waals surface area contributed by atoms with Gasteiger partial charge in [0.25, 0.3) is 0 Å². The number of ether oxygens (including phenoxy) is 1. The van der Waals surface area contributed by atoms with Crippen molar-refractivity contribution in [3.05, 3.63) is 0 Å². The van der Waals surface area contributed by atoms with Gasteiger partial charge in [0, 0.05) is 6.42 Å². The molecule has 1 heterocycles. The van der Waals surface area contributed by atoms with Gasteiger partial charge in [-0.15, -0.1) is 0 Å². The van der Waals surface area contributed by atoms with E-state index in [0.29, 0.717) is 0 Å². The number of rotatable bonds is 0. The smallest absolute Gasteiger partial charge is 0.390 e. The van der Waals surface area contributed by atoms with Crippen LogP contribution in [0.3, 0.4) is 0 Å². The average Bonchev–Trinajstić information content (AvgIpc) is 1.94. The monoisotopic (exact) mass is 264 g/mol. The predicted molar refractivity (Wildman–Crippen MR) is 40.3 cm³/mol. The van der Waals surface area contributed by atoms with Gasteiger partial charge in [0.2, 0.25) is 0 Å². The maximum absolute atomic E-state index is 12.1. The molecule has 0 bridgehead atoms. The van der Waals surface area contributed by atoms with E-state index in [0.717, 1.165) is 0 Å². The van der Waals surface area contributed by atoms with Crippen LogP contribution in [0.1, 0.15) is 6.42 Å². The van der Waals surface area contributed by atoms with Crippen molar-refractivity contribution >= 4 is 15.9 Å².